The maximum atomic E-state index is 13.2. The third kappa shape index (κ3) is 2.99. The van der Waals surface area contributed by atoms with E-state index in [-0.39, 0.29) is 5.91 Å². The third-order valence-electron chi connectivity index (χ3n) is 3.21. The lowest BCUT2D eigenvalue weighted by Crippen LogP contribution is -2.13. The van der Waals surface area contributed by atoms with Crippen LogP contribution in [0.15, 0.2) is 36.4 Å². The third-order valence-corrected chi connectivity index (χ3v) is 3.21. The Morgan fingerprint density at radius 1 is 0.947 bits per heavy atom. The highest BCUT2D eigenvalue weighted by Gasteiger charge is 2.10. The van der Waals surface area contributed by atoms with E-state index in [0.717, 1.165) is 16.8 Å². The lowest BCUT2D eigenvalue weighted by Gasteiger charge is -2.09. The van der Waals surface area contributed by atoms with E-state index in [9.17, 15) is 9.18 Å². The fraction of sp³-hybridized carbons (Fsp3) is 0.188. The average molecular weight is 257 g/mol. The van der Waals surface area contributed by atoms with Gasteiger partial charge in [-0.25, -0.2) is 4.39 Å². The Labute approximate surface area is 112 Å². The maximum Gasteiger partial charge on any atom is 0.256 e. The molecule has 0 aliphatic carbocycles. The van der Waals surface area contributed by atoms with Crippen molar-refractivity contribution >= 4 is 11.6 Å². The number of hydrogen-bond acceptors (Lipinski definition) is 1. The topological polar surface area (TPSA) is 29.1 Å². The number of halogens is 1. The largest absolute Gasteiger partial charge is 0.322 e. The van der Waals surface area contributed by atoms with Gasteiger partial charge in [-0.15, -0.1) is 0 Å². The second-order valence-electron chi connectivity index (χ2n) is 4.71. The summed E-state index contributed by atoms with van der Waals surface area (Å²) < 4.78 is 13.2. The van der Waals surface area contributed by atoms with Gasteiger partial charge in [-0.05, 0) is 61.7 Å². The Morgan fingerprint density at radius 3 is 2.32 bits per heavy atom. The second kappa shape index (κ2) is 5.22. The van der Waals surface area contributed by atoms with Gasteiger partial charge in [0.15, 0.2) is 0 Å². The summed E-state index contributed by atoms with van der Waals surface area (Å²) in [5, 5.41) is 2.79. The first kappa shape index (κ1) is 13.3. The normalized spacial score (nSPS) is 10.3. The van der Waals surface area contributed by atoms with Crippen LogP contribution < -0.4 is 5.32 Å². The summed E-state index contributed by atoms with van der Waals surface area (Å²) in [6.45, 7) is 5.78. The summed E-state index contributed by atoms with van der Waals surface area (Å²) in [5.41, 5.74) is 4.10. The van der Waals surface area contributed by atoms with Crippen molar-refractivity contribution in [2.24, 2.45) is 0 Å². The Morgan fingerprint density at radius 2 is 1.63 bits per heavy atom. The first-order valence-electron chi connectivity index (χ1n) is 6.12. The first-order valence-corrected chi connectivity index (χ1v) is 6.12. The van der Waals surface area contributed by atoms with E-state index in [1.165, 1.54) is 17.7 Å². The van der Waals surface area contributed by atoms with E-state index in [2.05, 4.69) is 5.32 Å². The SMILES string of the molecule is Cc1ccc(NC(=O)c2cc(F)ccc2C)cc1C. The molecule has 0 fully saturated rings. The molecule has 1 N–H and O–H groups in total. The molecule has 0 heterocycles. The van der Waals surface area contributed by atoms with Crippen molar-refractivity contribution in [2.75, 3.05) is 5.32 Å². The molecule has 19 heavy (non-hydrogen) atoms. The molecule has 2 aromatic rings. The van der Waals surface area contributed by atoms with Crippen LogP contribution in [0.1, 0.15) is 27.0 Å². The van der Waals surface area contributed by atoms with Gasteiger partial charge >= 0.3 is 0 Å². The minimum Gasteiger partial charge on any atom is -0.322 e. The molecule has 1 amide bonds. The second-order valence-corrected chi connectivity index (χ2v) is 4.71. The molecular formula is C16H16FNO. The maximum absolute atomic E-state index is 13.2. The molecule has 0 spiro atoms. The number of amides is 1. The number of benzene rings is 2. The van der Waals surface area contributed by atoms with Gasteiger partial charge in [-0.2, -0.15) is 0 Å². The monoisotopic (exact) mass is 257 g/mol. The number of anilines is 1. The quantitative estimate of drug-likeness (QED) is 0.865. The smallest absolute Gasteiger partial charge is 0.256 e. The standard InChI is InChI=1S/C16H16FNO/c1-10-5-7-14(8-12(10)3)18-16(19)15-9-13(17)6-4-11(15)2/h4-9H,1-3H3,(H,18,19). The fourth-order valence-electron chi connectivity index (χ4n) is 1.86. The molecule has 0 radical (unpaired) electrons. The molecule has 3 heteroatoms. The van der Waals surface area contributed by atoms with Crippen LogP contribution in [0.25, 0.3) is 0 Å². The van der Waals surface area contributed by atoms with E-state index in [1.807, 2.05) is 32.0 Å². The molecule has 98 valence electrons. The zero-order valence-corrected chi connectivity index (χ0v) is 11.3. The lowest BCUT2D eigenvalue weighted by molar-refractivity contribution is 0.102. The minimum atomic E-state index is -0.407. The summed E-state index contributed by atoms with van der Waals surface area (Å²) >= 11 is 0. The predicted molar refractivity (Wildman–Crippen MR) is 75.0 cm³/mol. The number of rotatable bonds is 2. The average Bonchev–Trinajstić information content (AvgIpc) is 2.36. The van der Waals surface area contributed by atoms with Crippen molar-refractivity contribution < 1.29 is 9.18 Å². The molecule has 0 aromatic heterocycles. The van der Waals surface area contributed by atoms with E-state index in [1.54, 1.807) is 13.0 Å². The molecular weight excluding hydrogens is 241 g/mol. The van der Waals surface area contributed by atoms with Gasteiger partial charge in [0.25, 0.3) is 5.91 Å². The summed E-state index contributed by atoms with van der Waals surface area (Å²) in [7, 11) is 0. The van der Waals surface area contributed by atoms with Gasteiger partial charge in [0, 0.05) is 11.3 Å². The minimum absolute atomic E-state index is 0.291. The highest BCUT2D eigenvalue weighted by molar-refractivity contribution is 6.05. The van der Waals surface area contributed by atoms with Crippen molar-refractivity contribution in [2.45, 2.75) is 20.8 Å². The number of nitrogens with one attached hydrogen (secondary N) is 1. The van der Waals surface area contributed by atoms with Crippen LogP contribution in [0.3, 0.4) is 0 Å². The van der Waals surface area contributed by atoms with E-state index < -0.39 is 5.82 Å². The van der Waals surface area contributed by atoms with Crippen molar-refractivity contribution in [1.82, 2.24) is 0 Å². The van der Waals surface area contributed by atoms with Crippen molar-refractivity contribution in [3.8, 4) is 0 Å². The highest BCUT2D eigenvalue weighted by Crippen LogP contribution is 2.17. The molecule has 0 saturated heterocycles. The lowest BCUT2D eigenvalue weighted by atomic mass is 10.1. The van der Waals surface area contributed by atoms with Crippen LogP contribution >= 0.6 is 0 Å². The molecule has 0 bridgehead atoms. The van der Waals surface area contributed by atoms with E-state index in [0.29, 0.717) is 5.56 Å². The van der Waals surface area contributed by atoms with Crippen molar-refractivity contribution in [3.05, 3.63) is 64.5 Å². The van der Waals surface area contributed by atoms with Gasteiger partial charge in [0.05, 0.1) is 0 Å². The summed E-state index contributed by atoms with van der Waals surface area (Å²) in [6.07, 6.45) is 0. The van der Waals surface area contributed by atoms with Gasteiger partial charge < -0.3 is 5.32 Å². The molecule has 2 nitrogen and oxygen atoms in total. The number of carbonyl (C=O) groups is 1. The van der Waals surface area contributed by atoms with Crippen LogP contribution in [0, 0.1) is 26.6 Å². The van der Waals surface area contributed by atoms with Crippen LogP contribution in [-0.4, -0.2) is 5.91 Å². The molecule has 0 unspecified atom stereocenters. The Bertz CT molecular complexity index is 635. The van der Waals surface area contributed by atoms with Gasteiger partial charge in [-0.3, -0.25) is 4.79 Å². The Hall–Kier alpha value is -2.16. The molecule has 0 aliphatic heterocycles. The van der Waals surface area contributed by atoms with Crippen molar-refractivity contribution in [3.63, 3.8) is 0 Å². The number of carbonyl (C=O) groups excluding carboxylic acids is 1. The molecule has 2 rings (SSSR count). The van der Waals surface area contributed by atoms with Gasteiger partial charge in [-0.1, -0.05) is 12.1 Å². The summed E-state index contributed by atoms with van der Waals surface area (Å²) in [4.78, 5) is 12.1. The molecule has 2 aromatic carbocycles. The van der Waals surface area contributed by atoms with Crippen LogP contribution in [0.2, 0.25) is 0 Å². The fourth-order valence-corrected chi connectivity index (χ4v) is 1.86. The van der Waals surface area contributed by atoms with Crippen LogP contribution in [0.4, 0.5) is 10.1 Å². The van der Waals surface area contributed by atoms with E-state index in [4.69, 9.17) is 0 Å². The molecule has 0 atom stereocenters. The van der Waals surface area contributed by atoms with Crippen LogP contribution in [0.5, 0.6) is 0 Å². The zero-order chi connectivity index (χ0) is 14.0. The Kier molecular flexibility index (Phi) is 3.65. The molecule has 0 saturated carbocycles. The van der Waals surface area contributed by atoms with Crippen LogP contribution in [-0.2, 0) is 0 Å². The predicted octanol–water partition coefficient (Wildman–Crippen LogP) is 4.00. The summed E-state index contributed by atoms with van der Waals surface area (Å²) in [6, 6.07) is 9.90. The number of hydrogen-bond donors (Lipinski definition) is 1. The zero-order valence-electron chi connectivity index (χ0n) is 11.3. The first-order chi connectivity index (χ1) is 8.97. The highest BCUT2D eigenvalue weighted by atomic mass is 19.1. The van der Waals surface area contributed by atoms with Crippen molar-refractivity contribution in [1.29, 1.82) is 0 Å². The number of aryl methyl sites for hydroxylation is 3. The molecule has 0 aliphatic rings. The Balaban J connectivity index is 2.25. The van der Waals surface area contributed by atoms with Gasteiger partial charge in [0.2, 0.25) is 0 Å². The summed E-state index contributed by atoms with van der Waals surface area (Å²) in [5.74, 6) is -0.698. The van der Waals surface area contributed by atoms with E-state index >= 15 is 0 Å². The van der Waals surface area contributed by atoms with Gasteiger partial charge in [0.1, 0.15) is 5.82 Å².